The van der Waals surface area contributed by atoms with E-state index >= 15 is 0 Å². The van der Waals surface area contributed by atoms with Gasteiger partial charge in [0.05, 0.1) is 27.0 Å². The van der Waals surface area contributed by atoms with E-state index in [0.717, 1.165) is 0 Å². The Morgan fingerprint density at radius 3 is 2.41 bits per heavy atom. The Morgan fingerprint density at radius 2 is 1.79 bits per heavy atom. The normalized spacial score (nSPS) is 15.2. The molecule has 1 heterocycles. The van der Waals surface area contributed by atoms with Crippen LogP contribution in [0.15, 0.2) is 36.4 Å². The van der Waals surface area contributed by atoms with Crippen molar-refractivity contribution in [3.63, 3.8) is 0 Å². The molecule has 3 rings (SSSR count). The van der Waals surface area contributed by atoms with Crippen molar-refractivity contribution in [3.8, 4) is 23.0 Å². The molecule has 1 unspecified atom stereocenters. The Kier molecular flexibility index (Phi) is 5.92. The fraction of sp³-hybridized carbons (Fsp3) is 0.238. The van der Waals surface area contributed by atoms with Gasteiger partial charge in [-0.1, -0.05) is 0 Å². The number of methoxy groups -OCH3 is 3. The van der Waals surface area contributed by atoms with Crippen molar-refractivity contribution in [3.05, 3.63) is 42.0 Å². The van der Waals surface area contributed by atoms with Gasteiger partial charge in [0.15, 0.2) is 17.6 Å². The molecule has 2 aromatic rings. The van der Waals surface area contributed by atoms with Gasteiger partial charge in [-0.25, -0.2) is 0 Å². The molecule has 0 fully saturated rings. The predicted molar refractivity (Wildman–Crippen MR) is 109 cm³/mol. The monoisotopic (exact) mass is 398 g/mol. The first kappa shape index (κ1) is 20.1. The van der Waals surface area contributed by atoms with E-state index in [4.69, 9.17) is 18.9 Å². The van der Waals surface area contributed by atoms with Gasteiger partial charge in [-0.05, 0) is 48.9 Å². The highest BCUT2D eigenvalue weighted by atomic mass is 16.5. The zero-order valence-electron chi connectivity index (χ0n) is 16.6. The maximum atomic E-state index is 12.3. The van der Waals surface area contributed by atoms with E-state index < -0.39 is 6.10 Å². The van der Waals surface area contributed by atoms with E-state index in [1.165, 1.54) is 27.4 Å². The average Bonchev–Trinajstić information content (AvgIpc) is 2.72. The number of fused-ring (bicyclic) bond motifs is 1. The molecule has 0 saturated carbocycles. The fourth-order valence-corrected chi connectivity index (χ4v) is 2.84. The zero-order valence-corrected chi connectivity index (χ0v) is 16.6. The van der Waals surface area contributed by atoms with Crippen molar-refractivity contribution in [1.29, 1.82) is 0 Å². The number of carbonyl (C=O) groups is 2. The summed E-state index contributed by atoms with van der Waals surface area (Å²) >= 11 is 0. The standard InChI is InChI=1S/C21H22N2O6/c1-12-21(25)23-15-11-14(6-7-16(15)29-12)22-19(24)8-5-13-9-17(26-2)20(28-4)18(10-13)27-3/h5-12H,1-4H3,(H,22,24)(H,23,25)/b8-5+. The molecule has 152 valence electrons. The van der Waals surface area contributed by atoms with E-state index in [1.54, 1.807) is 43.3 Å². The van der Waals surface area contributed by atoms with Crippen LogP contribution in [-0.4, -0.2) is 39.2 Å². The first-order valence-corrected chi connectivity index (χ1v) is 8.85. The molecule has 0 aromatic heterocycles. The summed E-state index contributed by atoms with van der Waals surface area (Å²) in [6, 6.07) is 8.51. The van der Waals surface area contributed by atoms with Crippen LogP contribution in [0.3, 0.4) is 0 Å². The number of carbonyl (C=O) groups excluding carboxylic acids is 2. The lowest BCUT2D eigenvalue weighted by atomic mass is 10.1. The second kappa shape index (κ2) is 8.55. The van der Waals surface area contributed by atoms with E-state index in [-0.39, 0.29) is 11.8 Å². The molecule has 0 aliphatic carbocycles. The van der Waals surface area contributed by atoms with Gasteiger partial charge in [0.1, 0.15) is 5.75 Å². The highest BCUT2D eigenvalue weighted by molar-refractivity contribution is 6.03. The van der Waals surface area contributed by atoms with Crippen LogP contribution in [0, 0.1) is 0 Å². The van der Waals surface area contributed by atoms with Crippen LogP contribution in [0.2, 0.25) is 0 Å². The van der Waals surface area contributed by atoms with Crippen LogP contribution < -0.4 is 29.6 Å². The first-order chi connectivity index (χ1) is 13.9. The minimum Gasteiger partial charge on any atom is -0.493 e. The fourth-order valence-electron chi connectivity index (χ4n) is 2.84. The van der Waals surface area contributed by atoms with Gasteiger partial charge in [-0.3, -0.25) is 9.59 Å². The van der Waals surface area contributed by atoms with Gasteiger partial charge in [-0.15, -0.1) is 0 Å². The van der Waals surface area contributed by atoms with Gasteiger partial charge in [-0.2, -0.15) is 0 Å². The lowest BCUT2D eigenvalue weighted by Gasteiger charge is -2.23. The molecule has 1 aliphatic rings. The summed E-state index contributed by atoms with van der Waals surface area (Å²) in [6.45, 7) is 1.67. The lowest BCUT2D eigenvalue weighted by molar-refractivity contribution is -0.122. The van der Waals surface area contributed by atoms with Crippen LogP contribution in [0.4, 0.5) is 11.4 Å². The highest BCUT2D eigenvalue weighted by Gasteiger charge is 2.23. The minimum atomic E-state index is -0.552. The number of ether oxygens (including phenoxy) is 4. The molecular weight excluding hydrogens is 376 g/mol. The Labute approximate surface area is 168 Å². The number of benzene rings is 2. The molecule has 1 aliphatic heterocycles. The van der Waals surface area contributed by atoms with Gasteiger partial charge in [0.25, 0.3) is 5.91 Å². The molecule has 0 radical (unpaired) electrons. The van der Waals surface area contributed by atoms with Crippen LogP contribution in [0.5, 0.6) is 23.0 Å². The third kappa shape index (κ3) is 4.43. The third-order valence-electron chi connectivity index (χ3n) is 4.29. The maximum absolute atomic E-state index is 12.3. The summed E-state index contributed by atoms with van der Waals surface area (Å²) in [4.78, 5) is 24.0. The van der Waals surface area contributed by atoms with Gasteiger partial charge >= 0.3 is 0 Å². The SMILES string of the molecule is COc1cc(/C=C/C(=O)Nc2ccc3c(c2)NC(=O)C(C)O3)cc(OC)c1OC. The number of anilines is 2. The summed E-state index contributed by atoms with van der Waals surface area (Å²) < 4.78 is 21.4. The Morgan fingerprint density at radius 1 is 1.10 bits per heavy atom. The summed E-state index contributed by atoms with van der Waals surface area (Å²) in [5, 5.41) is 5.49. The quantitative estimate of drug-likeness (QED) is 0.726. The third-order valence-corrected chi connectivity index (χ3v) is 4.29. The first-order valence-electron chi connectivity index (χ1n) is 8.85. The minimum absolute atomic E-state index is 0.233. The Balaban J connectivity index is 1.74. The van der Waals surface area contributed by atoms with Gasteiger partial charge in [0, 0.05) is 11.8 Å². The second-order valence-electron chi connectivity index (χ2n) is 6.24. The second-order valence-corrected chi connectivity index (χ2v) is 6.24. The largest absolute Gasteiger partial charge is 0.493 e. The number of hydrogen-bond donors (Lipinski definition) is 2. The van der Waals surface area contributed by atoms with Crippen molar-refractivity contribution in [2.45, 2.75) is 13.0 Å². The molecule has 2 amide bonds. The molecule has 8 heteroatoms. The Hall–Kier alpha value is -3.68. The summed E-state index contributed by atoms with van der Waals surface area (Å²) in [6.07, 6.45) is 2.46. The van der Waals surface area contributed by atoms with Crippen molar-refractivity contribution in [2.75, 3.05) is 32.0 Å². The molecular formula is C21H22N2O6. The summed E-state index contributed by atoms with van der Waals surface area (Å²) in [7, 11) is 4.57. The molecule has 2 N–H and O–H groups in total. The van der Waals surface area contributed by atoms with Gasteiger partial charge < -0.3 is 29.6 Å². The van der Waals surface area contributed by atoms with Crippen molar-refractivity contribution < 1.29 is 28.5 Å². The molecule has 8 nitrogen and oxygen atoms in total. The summed E-state index contributed by atoms with van der Waals surface area (Å²) in [5.41, 5.74) is 1.75. The highest BCUT2D eigenvalue weighted by Crippen LogP contribution is 2.38. The number of hydrogen-bond acceptors (Lipinski definition) is 6. The van der Waals surface area contributed by atoms with Crippen LogP contribution in [0.1, 0.15) is 12.5 Å². The lowest BCUT2D eigenvalue weighted by Crippen LogP contribution is -2.34. The topological polar surface area (TPSA) is 95.1 Å². The molecule has 0 spiro atoms. The number of nitrogens with one attached hydrogen (secondary N) is 2. The number of rotatable bonds is 6. The van der Waals surface area contributed by atoms with E-state index in [0.29, 0.717) is 39.9 Å². The summed E-state index contributed by atoms with van der Waals surface area (Å²) in [5.74, 6) is 1.45. The average molecular weight is 398 g/mol. The maximum Gasteiger partial charge on any atom is 0.265 e. The molecule has 0 bridgehead atoms. The van der Waals surface area contributed by atoms with Crippen molar-refractivity contribution >= 4 is 29.3 Å². The van der Waals surface area contributed by atoms with Crippen LogP contribution >= 0.6 is 0 Å². The Bertz CT molecular complexity index is 945. The van der Waals surface area contributed by atoms with Crippen molar-refractivity contribution in [2.24, 2.45) is 0 Å². The molecule has 2 aromatic carbocycles. The molecule has 29 heavy (non-hydrogen) atoms. The zero-order chi connectivity index (χ0) is 21.0. The van der Waals surface area contributed by atoms with Crippen LogP contribution in [-0.2, 0) is 9.59 Å². The molecule has 0 saturated heterocycles. The van der Waals surface area contributed by atoms with E-state index in [1.807, 2.05) is 0 Å². The van der Waals surface area contributed by atoms with Crippen LogP contribution in [0.25, 0.3) is 6.08 Å². The smallest absolute Gasteiger partial charge is 0.265 e. The van der Waals surface area contributed by atoms with Gasteiger partial charge in [0.2, 0.25) is 11.7 Å². The van der Waals surface area contributed by atoms with E-state index in [9.17, 15) is 9.59 Å². The number of amides is 2. The van der Waals surface area contributed by atoms with E-state index in [2.05, 4.69) is 10.6 Å². The van der Waals surface area contributed by atoms with Crippen molar-refractivity contribution in [1.82, 2.24) is 0 Å². The molecule has 1 atom stereocenters. The predicted octanol–water partition coefficient (Wildman–Crippen LogP) is 3.08.